The van der Waals surface area contributed by atoms with Crippen LogP contribution >= 0.6 is 0 Å². The molecule has 7 heteroatoms. The molecule has 4 rings (SSSR count). The molecule has 0 bridgehead atoms. The average molecular weight is 400 g/mol. The van der Waals surface area contributed by atoms with Crippen LogP contribution in [0.1, 0.15) is 30.9 Å². The predicted molar refractivity (Wildman–Crippen MR) is 109 cm³/mol. The first-order chi connectivity index (χ1) is 13.9. The second-order valence-electron chi connectivity index (χ2n) is 8.09. The molecule has 2 aromatic rings. The normalized spacial score (nSPS) is 20.0. The van der Waals surface area contributed by atoms with Crippen molar-refractivity contribution in [1.29, 1.82) is 0 Å². The Kier molecular flexibility index (Phi) is 5.36. The van der Waals surface area contributed by atoms with Gasteiger partial charge < -0.3 is 24.1 Å². The van der Waals surface area contributed by atoms with Gasteiger partial charge in [-0.2, -0.15) is 0 Å². The highest BCUT2D eigenvalue weighted by molar-refractivity contribution is 5.83. The molecule has 1 unspecified atom stereocenters. The van der Waals surface area contributed by atoms with E-state index in [-0.39, 0.29) is 17.1 Å². The number of carbonyl (C=O) groups is 1. The van der Waals surface area contributed by atoms with Gasteiger partial charge in [0.25, 0.3) is 5.91 Å². The topological polar surface area (TPSA) is 81.0 Å². The van der Waals surface area contributed by atoms with Gasteiger partial charge in [0, 0.05) is 43.2 Å². The molecule has 2 fully saturated rings. The molecule has 1 atom stereocenters. The van der Waals surface area contributed by atoms with Crippen LogP contribution in [0.4, 0.5) is 0 Å². The van der Waals surface area contributed by atoms with Crippen molar-refractivity contribution >= 4 is 16.9 Å². The largest absolute Gasteiger partial charge is 0.481 e. The zero-order valence-corrected chi connectivity index (χ0v) is 17.2. The molecule has 0 saturated carbocycles. The van der Waals surface area contributed by atoms with E-state index in [9.17, 15) is 9.59 Å². The third-order valence-corrected chi connectivity index (χ3v) is 6.21. The monoisotopic (exact) mass is 400 g/mol. The fourth-order valence-corrected chi connectivity index (χ4v) is 4.18. The number of aryl methyl sites for hydroxylation is 1. The van der Waals surface area contributed by atoms with Crippen LogP contribution in [0.5, 0.6) is 5.75 Å². The van der Waals surface area contributed by atoms with Crippen LogP contribution in [0.15, 0.2) is 27.4 Å². The fraction of sp³-hybridized carbons (Fsp3) is 0.545. The number of morpholine rings is 1. The molecule has 156 valence electrons. The Morgan fingerprint density at radius 1 is 1.24 bits per heavy atom. The van der Waals surface area contributed by atoms with Gasteiger partial charge in [-0.15, -0.1) is 0 Å². The summed E-state index contributed by atoms with van der Waals surface area (Å²) in [5, 5.41) is 4.26. The van der Waals surface area contributed by atoms with Gasteiger partial charge in [-0.25, -0.2) is 4.79 Å². The minimum absolute atomic E-state index is 0.0368. The molecule has 1 aromatic heterocycles. The number of fused-ring (bicyclic) bond motifs is 1. The van der Waals surface area contributed by atoms with Crippen LogP contribution in [0, 0.1) is 13.8 Å². The van der Waals surface area contributed by atoms with Gasteiger partial charge in [-0.05, 0) is 51.3 Å². The highest BCUT2D eigenvalue weighted by Crippen LogP contribution is 2.28. The van der Waals surface area contributed by atoms with Gasteiger partial charge in [0.05, 0.1) is 12.2 Å². The van der Waals surface area contributed by atoms with Crippen LogP contribution in [-0.4, -0.2) is 55.3 Å². The molecule has 2 saturated heterocycles. The number of nitrogens with zero attached hydrogens (tertiary/aromatic N) is 1. The van der Waals surface area contributed by atoms with Crippen molar-refractivity contribution in [3.05, 3.63) is 39.7 Å². The highest BCUT2D eigenvalue weighted by atomic mass is 16.5. The summed E-state index contributed by atoms with van der Waals surface area (Å²) in [6.45, 7) is 9.20. The minimum atomic E-state index is -0.620. The van der Waals surface area contributed by atoms with Crippen molar-refractivity contribution in [3.63, 3.8) is 0 Å². The van der Waals surface area contributed by atoms with Gasteiger partial charge >= 0.3 is 5.63 Å². The van der Waals surface area contributed by atoms with E-state index < -0.39 is 6.10 Å². The Morgan fingerprint density at radius 3 is 2.69 bits per heavy atom. The number of nitrogens with one attached hydrogen (secondary N) is 1. The molecule has 2 aliphatic heterocycles. The first-order valence-corrected chi connectivity index (χ1v) is 10.2. The Morgan fingerprint density at radius 2 is 2.00 bits per heavy atom. The zero-order chi connectivity index (χ0) is 20.6. The maximum atomic E-state index is 12.9. The second kappa shape index (κ2) is 7.80. The number of ether oxygens (including phenoxy) is 2. The summed E-state index contributed by atoms with van der Waals surface area (Å²) in [5.74, 6) is 0.475. The zero-order valence-electron chi connectivity index (χ0n) is 17.2. The molecule has 7 nitrogen and oxygen atoms in total. The van der Waals surface area contributed by atoms with Crippen LogP contribution in [0.3, 0.4) is 0 Å². The molecule has 2 aliphatic rings. The lowest BCUT2D eigenvalue weighted by Crippen LogP contribution is -2.57. The molecular formula is C22H28N2O5. The molecule has 1 aromatic carbocycles. The summed E-state index contributed by atoms with van der Waals surface area (Å²) >= 11 is 0. The summed E-state index contributed by atoms with van der Waals surface area (Å²) in [4.78, 5) is 26.7. The quantitative estimate of drug-likeness (QED) is 0.796. The Labute approximate surface area is 170 Å². The minimum Gasteiger partial charge on any atom is -0.481 e. The molecule has 3 heterocycles. The predicted octanol–water partition coefficient (Wildman–Crippen LogP) is 2.16. The number of hydrogen-bond acceptors (Lipinski definition) is 6. The number of benzene rings is 1. The number of carbonyl (C=O) groups excluding carboxylic acids is 1. The van der Waals surface area contributed by atoms with E-state index >= 15 is 0 Å². The molecule has 1 N–H and O–H groups in total. The van der Waals surface area contributed by atoms with Crippen molar-refractivity contribution in [2.75, 3.05) is 32.8 Å². The van der Waals surface area contributed by atoms with Crippen molar-refractivity contribution in [3.8, 4) is 5.75 Å². The van der Waals surface area contributed by atoms with Crippen LogP contribution < -0.4 is 15.7 Å². The van der Waals surface area contributed by atoms with Crippen LogP contribution in [-0.2, 0) is 9.53 Å². The second-order valence-corrected chi connectivity index (χ2v) is 8.09. The molecule has 29 heavy (non-hydrogen) atoms. The van der Waals surface area contributed by atoms with E-state index in [0.29, 0.717) is 30.0 Å². The van der Waals surface area contributed by atoms with E-state index in [4.69, 9.17) is 13.9 Å². The maximum Gasteiger partial charge on any atom is 0.339 e. The number of amides is 1. The summed E-state index contributed by atoms with van der Waals surface area (Å²) in [6, 6.07) is 5.36. The number of piperidine rings is 1. The highest BCUT2D eigenvalue weighted by Gasteiger charge is 2.39. The summed E-state index contributed by atoms with van der Waals surface area (Å²) < 4.78 is 17.3. The standard InChI is InChI=1S/C22H28N2O5/c1-14-15(2)21(26)29-19-12-17(4-5-18(14)19)28-16(3)20(25)24-9-6-22(7-10-24)13-23-8-11-27-22/h4-5,12,16,23H,6-11,13H2,1-3H3. The van der Waals surface area contributed by atoms with Crippen molar-refractivity contribution in [1.82, 2.24) is 10.2 Å². The van der Waals surface area contributed by atoms with E-state index in [1.54, 1.807) is 19.9 Å². The Balaban J connectivity index is 1.42. The number of rotatable bonds is 3. The molecule has 1 spiro atoms. The third-order valence-electron chi connectivity index (χ3n) is 6.21. The van der Waals surface area contributed by atoms with E-state index in [0.717, 1.165) is 43.5 Å². The Bertz CT molecular complexity index is 967. The van der Waals surface area contributed by atoms with E-state index in [2.05, 4.69) is 5.32 Å². The maximum absolute atomic E-state index is 12.9. The SMILES string of the molecule is Cc1c(C)c2ccc(OC(C)C(=O)N3CCC4(CC3)CNCCO4)cc2oc1=O. The van der Waals surface area contributed by atoms with Crippen molar-refractivity contribution in [2.24, 2.45) is 0 Å². The van der Waals surface area contributed by atoms with E-state index in [1.165, 1.54) is 0 Å². The average Bonchev–Trinajstić information content (AvgIpc) is 2.72. The lowest BCUT2D eigenvalue weighted by Gasteiger charge is -2.44. The first kappa shape index (κ1) is 19.9. The number of hydrogen-bond donors (Lipinski definition) is 1. The van der Waals surface area contributed by atoms with Crippen LogP contribution in [0.25, 0.3) is 11.0 Å². The summed E-state index contributed by atoms with van der Waals surface area (Å²) in [5.41, 5.74) is 1.49. The number of likely N-dealkylation sites (tertiary alicyclic amines) is 1. The van der Waals surface area contributed by atoms with Crippen LogP contribution in [0.2, 0.25) is 0 Å². The lowest BCUT2D eigenvalue weighted by atomic mass is 9.90. The Hall–Kier alpha value is -2.38. The first-order valence-electron chi connectivity index (χ1n) is 10.2. The summed E-state index contributed by atoms with van der Waals surface area (Å²) in [6.07, 6.45) is 1.04. The van der Waals surface area contributed by atoms with Gasteiger partial charge in [0.1, 0.15) is 11.3 Å². The van der Waals surface area contributed by atoms with Gasteiger partial charge in [-0.3, -0.25) is 4.79 Å². The summed E-state index contributed by atoms with van der Waals surface area (Å²) in [7, 11) is 0. The van der Waals surface area contributed by atoms with Gasteiger partial charge in [0.15, 0.2) is 6.10 Å². The van der Waals surface area contributed by atoms with Gasteiger partial charge in [-0.1, -0.05) is 0 Å². The van der Waals surface area contributed by atoms with E-state index in [1.807, 2.05) is 24.0 Å². The van der Waals surface area contributed by atoms with Crippen molar-refractivity contribution < 1.29 is 18.7 Å². The van der Waals surface area contributed by atoms with Gasteiger partial charge in [0.2, 0.25) is 0 Å². The fourth-order valence-electron chi connectivity index (χ4n) is 4.18. The lowest BCUT2D eigenvalue weighted by molar-refractivity contribution is -0.146. The molecular weight excluding hydrogens is 372 g/mol. The molecule has 0 radical (unpaired) electrons. The smallest absolute Gasteiger partial charge is 0.339 e. The molecule has 1 amide bonds. The van der Waals surface area contributed by atoms with Crippen molar-refractivity contribution in [2.45, 2.75) is 45.3 Å². The molecule has 0 aliphatic carbocycles. The third kappa shape index (κ3) is 3.89.